The molecule has 1 aliphatic rings. The van der Waals surface area contributed by atoms with Crippen LogP contribution in [0.25, 0.3) is 0 Å². The summed E-state index contributed by atoms with van der Waals surface area (Å²) in [5.41, 5.74) is 1.18. The Morgan fingerprint density at radius 3 is 2.52 bits per heavy atom. The molecule has 0 amide bonds. The lowest BCUT2D eigenvalue weighted by molar-refractivity contribution is -0.137. The van der Waals surface area contributed by atoms with Gasteiger partial charge in [-0.3, -0.25) is 9.69 Å². The second-order valence-electron chi connectivity index (χ2n) is 8.17. The van der Waals surface area contributed by atoms with Crippen molar-refractivity contribution in [2.45, 2.75) is 46.3 Å². The van der Waals surface area contributed by atoms with E-state index in [4.69, 9.17) is 4.74 Å². The summed E-state index contributed by atoms with van der Waals surface area (Å²) < 4.78 is 43.5. The van der Waals surface area contributed by atoms with Crippen molar-refractivity contribution in [3.8, 4) is 0 Å². The van der Waals surface area contributed by atoms with Gasteiger partial charge in [0.2, 0.25) is 0 Å². The lowest BCUT2D eigenvalue weighted by Gasteiger charge is -2.27. The highest BCUT2D eigenvalue weighted by Crippen LogP contribution is 2.29. The van der Waals surface area contributed by atoms with Gasteiger partial charge in [0, 0.05) is 38.1 Å². The Morgan fingerprint density at radius 1 is 1.18 bits per heavy atom. The van der Waals surface area contributed by atoms with E-state index in [0.29, 0.717) is 54.5 Å². The van der Waals surface area contributed by atoms with Gasteiger partial charge in [-0.05, 0) is 51.8 Å². The molecule has 2 aromatic rings. The summed E-state index contributed by atoms with van der Waals surface area (Å²) in [4.78, 5) is 36.5. The van der Waals surface area contributed by atoms with Gasteiger partial charge in [-0.25, -0.2) is 9.78 Å². The Morgan fingerprint density at radius 2 is 1.91 bits per heavy atom. The van der Waals surface area contributed by atoms with E-state index in [1.54, 1.807) is 20.8 Å². The number of nitrogens with one attached hydrogen (secondary N) is 1. The molecule has 1 saturated heterocycles. The van der Waals surface area contributed by atoms with Gasteiger partial charge < -0.3 is 14.6 Å². The molecule has 7 nitrogen and oxygen atoms in total. The van der Waals surface area contributed by atoms with E-state index < -0.39 is 23.8 Å². The molecule has 0 saturated carbocycles. The van der Waals surface area contributed by atoms with Crippen LogP contribution < -0.4 is 4.90 Å². The molecular weight excluding hydrogens is 437 g/mol. The zero-order valence-corrected chi connectivity index (χ0v) is 19.3. The minimum absolute atomic E-state index is 0.118. The van der Waals surface area contributed by atoms with Crippen molar-refractivity contribution in [1.82, 2.24) is 14.9 Å². The van der Waals surface area contributed by atoms with Crippen molar-refractivity contribution in [3.63, 3.8) is 0 Å². The highest BCUT2D eigenvalue weighted by atomic mass is 19.4. The summed E-state index contributed by atoms with van der Waals surface area (Å²) in [5.74, 6) is -0.0871. The number of esters is 1. The molecule has 3 heterocycles. The molecular formula is C23H29F3N4O3. The summed E-state index contributed by atoms with van der Waals surface area (Å²) in [5, 5.41) is 0. The second-order valence-corrected chi connectivity index (χ2v) is 8.17. The van der Waals surface area contributed by atoms with Crippen LogP contribution >= 0.6 is 0 Å². The lowest BCUT2D eigenvalue weighted by atomic mass is 10.0. The van der Waals surface area contributed by atoms with Gasteiger partial charge in [0.15, 0.2) is 5.78 Å². The summed E-state index contributed by atoms with van der Waals surface area (Å²) in [6, 6.07) is 1.99. The van der Waals surface area contributed by atoms with Crippen LogP contribution in [0.4, 0.5) is 19.0 Å². The fraction of sp³-hybridized carbons (Fsp3) is 0.522. The molecule has 3 rings (SSSR count). The van der Waals surface area contributed by atoms with E-state index in [2.05, 4.69) is 9.97 Å². The van der Waals surface area contributed by atoms with Gasteiger partial charge in [-0.1, -0.05) is 0 Å². The Bertz CT molecular complexity index is 1000. The highest BCUT2D eigenvalue weighted by Gasteiger charge is 2.32. The van der Waals surface area contributed by atoms with Gasteiger partial charge in [-0.15, -0.1) is 0 Å². The van der Waals surface area contributed by atoms with Crippen LogP contribution in [-0.4, -0.2) is 65.4 Å². The highest BCUT2D eigenvalue weighted by molar-refractivity contribution is 6.03. The van der Waals surface area contributed by atoms with Crippen LogP contribution in [0.3, 0.4) is 0 Å². The number of pyridine rings is 1. The molecule has 0 spiro atoms. The summed E-state index contributed by atoms with van der Waals surface area (Å²) in [6.45, 7) is 9.65. The predicted octanol–water partition coefficient (Wildman–Crippen LogP) is 4.01. The van der Waals surface area contributed by atoms with Gasteiger partial charge >= 0.3 is 12.1 Å². The number of hydrogen-bond donors (Lipinski definition) is 1. The molecule has 10 heteroatoms. The Labute approximate surface area is 190 Å². The maximum atomic E-state index is 13.2. The maximum Gasteiger partial charge on any atom is 0.417 e. The molecule has 0 radical (unpaired) electrons. The van der Waals surface area contributed by atoms with E-state index >= 15 is 0 Å². The molecule has 0 aliphatic carbocycles. The fourth-order valence-corrected chi connectivity index (χ4v) is 4.18. The molecule has 1 unspecified atom stereocenters. The van der Waals surface area contributed by atoms with Crippen molar-refractivity contribution in [2.24, 2.45) is 0 Å². The number of Topliss-reactive ketones (excluding diaryl/α,β-unsaturated/α-hetero) is 1. The average Bonchev–Trinajstić information content (AvgIpc) is 2.93. The van der Waals surface area contributed by atoms with Crippen LogP contribution in [0, 0.1) is 13.8 Å². The number of carbonyl (C=O) groups excluding carboxylic acids is 2. The molecule has 2 aromatic heterocycles. The number of aryl methyl sites for hydroxylation is 1. The van der Waals surface area contributed by atoms with Crippen molar-refractivity contribution in [2.75, 3.05) is 37.7 Å². The Hall–Kier alpha value is -2.88. The first-order valence-corrected chi connectivity index (χ1v) is 11.0. The number of aromatic nitrogens is 2. The predicted molar refractivity (Wildman–Crippen MR) is 118 cm³/mol. The van der Waals surface area contributed by atoms with Crippen molar-refractivity contribution in [3.05, 3.63) is 46.4 Å². The minimum atomic E-state index is -4.42. The summed E-state index contributed by atoms with van der Waals surface area (Å²) >= 11 is 0. The number of alkyl halides is 3. The number of rotatable bonds is 6. The third kappa shape index (κ3) is 5.38. The number of hydrogen-bond acceptors (Lipinski definition) is 6. The van der Waals surface area contributed by atoms with Crippen LogP contribution in [0.5, 0.6) is 0 Å². The first kappa shape index (κ1) is 24.8. The SMILES string of the molecule is CCOC(=O)c1c(C)[nH]c(C(=O)C(C)N2CCCN(c3ccc(C(F)(F)F)cn3)CC2)c1C. The average molecular weight is 467 g/mol. The lowest BCUT2D eigenvalue weighted by Crippen LogP contribution is -2.41. The Kier molecular flexibility index (Phi) is 7.46. The van der Waals surface area contributed by atoms with Crippen LogP contribution in [0.15, 0.2) is 18.3 Å². The molecule has 1 N–H and O–H groups in total. The van der Waals surface area contributed by atoms with E-state index in [1.165, 1.54) is 6.07 Å². The fourth-order valence-electron chi connectivity index (χ4n) is 4.18. The third-order valence-electron chi connectivity index (χ3n) is 6.02. The first-order chi connectivity index (χ1) is 15.5. The molecule has 180 valence electrons. The van der Waals surface area contributed by atoms with E-state index in [-0.39, 0.29) is 12.4 Å². The molecule has 33 heavy (non-hydrogen) atoms. The van der Waals surface area contributed by atoms with Gasteiger partial charge in [-0.2, -0.15) is 13.2 Å². The number of nitrogens with zero attached hydrogens (tertiary/aromatic N) is 3. The normalized spacial score (nSPS) is 16.4. The van der Waals surface area contributed by atoms with E-state index in [1.807, 2.05) is 16.7 Å². The van der Waals surface area contributed by atoms with E-state index in [9.17, 15) is 22.8 Å². The first-order valence-electron chi connectivity index (χ1n) is 11.0. The number of ether oxygens (including phenoxy) is 1. The number of carbonyl (C=O) groups is 2. The maximum absolute atomic E-state index is 13.2. The topological polar surface area (TPSA) is 78.5 Å². The zero-order chi connectivity index (χ0) is 24.3. The Balaban J connectivity index is 1.69. The van der Waals surface area contributed by atoms with Gasteiger partial charge in [0.05, 0.1) is 29.5 Å². The number of H-pyrrole nitrogens is 1. The number of halogens is 3. The van der Waals surface area contributed by atoms with Gasteiger partial charge in [0.1, 0.15) is 5.82 Å². The standard InChI is InChI=1S/C23H29F3N4O3/c1-5-33-22(32)19-14(2)20(28-15(19)3)21(31)16(4)29-9-6-10-30(12-11-29)18-8-7-17(13-27-18)23(24,25)26/h7-8,13,16,28H,5-6,9-12H2,1-4H3. The van der Waals surface area contributed by atoms with Crippen molar-refractivity contribution < 1.29 is 27.5 Å². The molecule has 1 atom stereocenters. The van der Waals surface area contributed by atoms with Gasteiger partial charge in [0.25, 0.3) is 0 Å². The zero-order valence-electron chi connectivity index (χ0n) is 19.3. The third-order valence-corrected chi connectivity index (χ3v) is 6.02. The van der Waals surface area contributed by atoms with Crippen molar-refractivity contribution >= 4 is 17.6 Å². The smallest absolute Gasteiger partial charge is 0.417 e. The second kappa shape index (κ2) is 9.94. The summed E-state index contributed by atoms with van der Waals surface area (Å²) in [7, 11) is 0. The largest absolute Gasteiger partial charge is 0.462 e. The molecule has 0 aromatic carbocycles. The van der Waals surface area contributed by atoms with Crippen LogP contribution in [0.1, 0.15) is 57.9 Å². The van der Waals surface area contributed by atoms with Crippen LogP contribution in [0.2, 0.25) is 0 Å². The van der Waals surface area contributed by atoms with Crippen molar-refractivity contribution in [1.29, 1.82) is 0 Å². The molecule has 1 aliphatic heterocycles. The quantitative estimate of drug-likeness (QED) is 0.512. The number of anilines is 1. The summed E-state index contributed by atoms with van der Waals surface area (Å²) in [6.07, 6.45) is -2.84. The number of aromatic amines is 1. The van der Waals surface area contributed by atoms with E-state index in [0.717, 1.165) is 18.7 Å². The molecule has 0 bridgehead atoms. The monoisotopic (exact) mass is 466 g/mol. The molecule has 1 fully saturated rings. The number of ketones is 1. The van der Waals surface area contributed by atoms with Crippen LogP contribution in [-0.2, 0) is 10.9 Å². The minimum Gasteiger partial charge on any atom is -0.462 e.